The molecule has 4 aromatic rings. The molecule has 0 radical (unpaired) electrons. The molecule has 0 aromatic carbocycles. The lowest BCUT2D eigenvalue weighted by Gasteiger charge is -2.33. The van der Waals surface area contributed by atoms with E-state index in [1.165, 1.54) is 22.7 Å². The summed E-state index contributed by atoms with van der Waals surface area (Å²) in [6.45, 7) is 2.13. The summed E-state index contributed by atoms with van der Waals surface area (Å²) < 4.78 is 31.5. The Bertz CT molecular complexity index is 1040. The number of nitrogens with zero attached hydrogens (tertiary/aromatic N) is 7. The molecule has 0 aliphatic heterocycles. The van der Waals surface area contributed by atoms with Crippen LogP contribution in [0.1, 0.15) is 37.1 Å². The van der Waals surface area contributed by atoms with E-state index >= 15 is 0 Å². The lowest BCUT2D eigenvalue weighted by Crippen LogP contribution is -2.34. The van der Waals surface area contributed by atoms with Crippen molar-refractivity contribution in [2.75, 3.05) is 6.54 Å². The van der Waals surface area contributed by atoms with E-state index < -0.39 is 5.92 Å². The van der Waals surface area contributed by atoms with E-state index in [2.05, 4.69) is 37.4 Å². The Morgan fingerprint density at radius 1 is 0.906 bits per heavy atom. The summed E-state index contributed by atoms with van der Waals surface area (Å²) in [7, 11) is 0. The molecule has 0 saturated heterocycles. The van der Waals surface area contributed by atoms with Crippen molar-refractivity contribution < 1.29 is 8.78 Å². The van der Waals surface area contributed by atoms with Crippen molar-refractivity contribution >= 4 is 22.7 Å². The Kier molecular flexibility index (Phi) is 6.11. The monoisotopic (exact) mass is 475 g/mol. The van der Waals surface area contributed by atoms with E-state index in [0.717, 1.165) is 28.2 Å². The summed E-state index contributed by atoms with van der Waals surface area (Å²) in [6.07, 6.45) is 5.04. The number of hydrogen-bond donors (Lipinski definition) is 0. The van der Waals surface area contributed by atoms with Gasteiger partial charge in [0, 0.05) is 56.3 Å². The van der Waals surface area contributed by atoms with Crippen molar-refractivity contribution in [2.45, 2.75) is 44.7 Å². The molecule has 168 valence electrons. The lowest BCUT2D eigenvalue weighted by molar-refractivity contribution is -0.0494. The van der Waals surface area contributed by atoms with Gasteiger partial charge in [0.25, 0.3) is 0 Å². The van der Waals surface area contributed by atoms with Gasteiger partial charge in [0.15, 0.2) is 0 Å². The van der Waals surface area contributed by atoms with Gasteiger partial charge < -0.3 is 0 Å². The molecule has 1 saturated carbocycles. The van der Waals surface area contributed by atoms with Gasteiger partial charge in [0.1, 0.15) is 11.0 Å². The van der Waals surface area contributed by atoms with Crippen LogP contribution in [0.15, 0.2) is 47.7 Å². The van der Waals surface area contributed by atoms with Crippen molar-refractivity contribution in [1.29, 1.82) is 0 Å². The third-order valence-corrected chi connectivity index (χ3v) is 7.28. The zero-order valence-corrected chi connectivity index (χ0v) is 19.0. The molecule has 1 aliphatic rings. The second kappa shape index (κ2) is 9.16. The quantitative estimate of drug-likeness (QED) is 0.366. The maximum absolute atomic E-state index is 13.7. The van der Waals surface area contributed by atoms with Crippen LogP contribution in [-0.2, 0) is 13.1 Å². The van der Waals surface area contributed by atoms with Crippen molar-refractivity contribution in [3.05, 3.63) is 59.1 Å². The molecule has 5 rings (SSSR count). The van der Waals surface area contributed by atoms with Gasteiger partial charge in [-0.1, -0.05) is 22.7 Å². The highest BCUT2D eigenvalue weighted by molar-refractivity contribution is 7.12. The van der Waals surface area contributed by atoms with E-state index in [4.69, 9.17) is 0 Å². The van der Waals surface area contributed by atoms with Crippen LogP contribution < -0.4 is 0 Å². The summed E-state index contributed by atoms with van der Waals surface area (Å²) >= 11 is 2.97. The fourth-order valence-corrected chi connectivity index (χ4v) is 5.45. The number of rotatable bonds is 8. The fourth-order valence-electron chi connectivity index (χ4n) is 4.30. The number of alkyl halides is 2. The molecular weight excluding hydrogens is 452 g/mol. The molecule has 0 N–H and O–H groups in total. The molecule has 7 nitrogen and oxygen atoms in total. The van der Waals surface area contributed by atoms with E-state index in [-0.39, 0.29) is 18.8 Å². The van der Waals surface area contributed by atoms with E-state index in [1.807, 2.05) is 33.7 Å². The van der Waals surface area contributed by atoms with Crippen molar-refractivity contribution in [3.8, 4) is 10.3 Å². The van der Waals surface area contributed by atoms with Crippen molar-refractivity contribution in [1.82, 2.24) is 34.4 Å². The van der Waals surface area contributed by atoms with Crippen LogP contribution in [0.5, 0.6) is 0 Å². The first kappa shape index (κ1) is 21.4. The van der Waals surface area contributed by atoms with Crippen LogP contribution in [0.4, 0.5) is 8.78 Å². The normalized spacial score (nSPS) is 16.7. The Hall–Kier alpha value is -2.50. The van der Waals surface area contributed by atoms with Crippen LogP contribution >= 0.6 is 22.7 Å². The summed E-state index contributed by atoms with van der Waals surface area (Å²) in [4.78, 5) is 2.34. The molecule has 11 heteroatoms. The maximum Gasteiger partial charge on any atom is 0.248 e. The molecule has 0 amide bonds. The largest absolute Gasteiger partial charge is 0.294 e. The Morgan fingerprint density at radius 3 is 1.91 bits per heavy atom. The first-order valence-electron chi connectivity index (χ1n) is 10.5. The van der Waals surface area contributed by atoms with Gasteiger partial charge in [-0.3, -0.25) is 14.0 Å². The molecule has 32 heavy (non-hydrogen) atoms. The van der Waals surface area contributed by atoms with Crippen molar-refractivity contribution in [2.24, 2.45) is 5.92 Å². The van der Waals surface area contributed by atoms with Gasteiger partial charge in [-0.2, -0.15) is 0 Å². The summed E-state index contributed by atoms with van der Waals surface area (Å²) in [5.74, 6) is -2.26. The summed E-state index contributed by atoms with van der Waals surface area (Å²) in [6, 6.07) is 8.15. The number of halogens is 2. The second-order valence-electron chi connectivity index (χ2n) is 8.15. The third-order valence-electron chi connectivity index (χ3n) is 5.90. The van der Waals surface area contributed by atoms with Gasteiger partial charge in [0.05, 0.1) is 0 Å². The average molecular weight is 476 g/mol. The van der Waals surface area contributed by atoms with Gasteiger partial charge in [-0.05, 0) is 43.0 Å². The molecule has 0 unspecified atom stereocenters. The van der Waals surface area contributed by atoms with Crippen molar-refractivity contribution in [3.63, 3.8) is 0 Å². The fraction of sp³-hybridized carbons (Fsp3) is 0.429. The minimum absolute atomic E-state index is 0.0200. The molecule has 0 bridgehead atoms. The number of hydrogen-bond acceptors (Lipinski definition) is 7. The molecule has 1 aliphatic carbocycles. The standard InChI is InChI=1S/C21H23F2N7S2/c22-21(23)7-5-16(6-8-21)11-28(12-17-3-1-9-29(17)19-26-24-14-31-19)13-18-4-2-10-30(18)20-27-25-15-32-20/h1-4,9-10,14-16H,5-8,11-13H2. The minimum Gasteiger partial charge on any atom is -0.294 e. The molecular formula is C21H23F2N7S2. The molecule has 0 atom stereocenters. The zero-order valence-electron chi connectivity index (χ0n) is 17.3. The molecule has 4 aromatic heterocycles. The SMILES string of the molecule is FC1(F)CCC(CN(Cc2cccn2-c2nncs2)Cc2cccn2-c2nncs2)CC1. The van der Waals surface area contributed by atoms with Gasteiger partial charge in [-0.25, -0.2) is 8.78 Å². The van der Waals surface area contributed by atoms with Gasteiger partial charge in [0.2, 0.25) is 16.2 Å². The topological polar surface area (TPSA) is 64.7 Å². The smallest absolute Gasteiger partial charge is 0.248 e. The van der Waals surface area contributed by atoms with Gasteiger partial charge in [-0.15, -0.1) is 20.4 Å². The van der Waals surface area contributed by atoms with Gasteiger partial charge >= 0.3 is 0 Å². The predicted molar refractivity (Wildman–Crippen MR) is 119 cm³/mol. The number of aromatic nitrogens is 6. The molecule has 1 fully saturated rings. The van der Waals surface area contributed by atoms with E-state index in [9.17, 15) is 8.78 Å². The van der Waals surface area contributed by atoms with Crippen LogP contribution in [0.3, 0.4) is 0 Å². The molecule has 4 heterocycles. The van der Waals surface area contributed by atoms with Crippen LogP contribution in [-0.4, -0.2) is 46.9 Å². The van der Waals surface area contributed by atoms with E-state index in [0.29, 0.717) is 25.9 Å². The predicted octanol–water partition coefficient (Wildman–Crippen LogP) is 4.80. The summed E-state index contributed by atoms with van der Waals surface area (Å²) in [5.41, 5.74) is 5.62. The average Bonchev–Trinajstić information content (AvgIpc) is 3.56. The highest BCUT2D eigenvalue weighted by Gasteiger charge is 2.35. The first-order chi connectivity index (χ1) is 15.6. The van der Waals surface area contributed by atoms with Crippen LogP contribution in [0, 0.1) is 5.92 Å². The third kappa shape index (κ3) is 4.79. The Morgan fingerprint density at radius 2 is 1.44 bits per heavy atom. The van der Waals surface area contributed by atoms with Crippen LogP contribution in [0.25, 0.3) is 10.3 Å². The Balaban J connectivity index is 1.38. The lowest BCUT2D eigenvalue weighted by atomic mass is 9.86. The second-order valence-corrected chi connectivity index (χ2v) is 9.77. The zero-order chi connectivity index (χ0) is 22.0. The van der Waals surface area contributed by atoms with E-state index in [1.54, 1.807) is 11.0 Å². The highest BCUT2D eigenvalue weighted by atomic mass is 32.1. The summed E-state index contributed by atoms with van der Waals surface area (Å²) in [5, 5.41) is 17.9. The minimum atomic E-state index is -2.51. The maximum atomic E-state index is 13.7. The Labute approximate surface area is 192 Å². The van der Waals surface area contributed by atoms with Crippen LogP contribution in [0.2, 0.25) is 0 Å². The first-order valence-corrected chi connectivity index (χ1v) is 12.3. The highest BCUT2D eigenvalue weighted by Crippen LogP contribution is 2.36. The molecule has 0 spiro atoms.